The zero-order valence-electron chi connectivity index (χ0n) is 28.7. The topological polar surface area (TPSA) is 99.2 Å². The van der Waals surface area contributed by atoms with Crippen LogP contribution >= 0.6 is 0 Å². The second-order valence-corrected chi connectivity index (χ2v) is 12.3. The van der Waals surface area contributed by atoms with Gasteiger partial charge in [0.05, 0.1) is 13.5 Å². The summed E-state index contributed by atoms with van der Waals surface area (Å²) < 4.78 is 37.0. The van der Waals surface area contributed by atoms with Crippen LogP contribution in [0.4, 0.5) is 13.2 Å². The van der Waals surface area contributed by atoms with E-state index in [0.717, 1.165) is 60.5 Å². The summed E-state index contributed by atoms with van der Waals surface area (Å²) in [5.41, 5.74) is 5.97. The highest BCUT2D eigenvalue weighted by molar-refractivity contribution is 5.95. The number of aryl methyl sites for hydroxylation is 1. The Labute approximate surface area is 296 Å². The molecule has 1 aliphatic rings. The van der Waals surface area contributed by atoms with Gasteiger partial charge in [-0.3, -0.25) is 9.59 Å². The Morgan fingerprint density at radius 2 is 1.45 bits per heavy atom. The number of halogens is 3. The summed E-state index contributed by atoms with van der Waals surface area (Å²) in [5, 5.41) is 10.2. The van der Waals surface area contributed by atoms with Crippen molar-refractivity contribution in [3.05, 3.63) is 125 Å². The van der Waals surface area contributed by atoms with E-state index in [9.17, 15) is 22.8 Å². The first-order chi connectivity index (χ1) is 24.5. The molecule has 0 aromatic heterocycles. The molecule has 11 heteroatoms. The quantitative estimate of drug-likeness (QED) is 0.147. The van der Waals surface area contributed by atoms with E-state index in [4.69, 9.17) is 14.6 Å². The number of hydrogen-bond donors (Lipinski definition) is 2. The average Bonchev–Trinajstić information content (AvgIpc) is 3.66. The van der Waals surface area contributed by atoms with Gasteiger partial charge in [-0.1, -0.05) is 72.8 Å². The maximum absolute atomic E-state index is 13.6. The number of benzene rings is 4. The van der Waals surface area contributed by atoms with Crippen molar-refractivity contribution in [2.45, 2.75) is 44.8 Å². The number of carbonyl (C=O) groups is 3. The zero-order valence-corrected chi connectivity index (χ0v) is 28.7. The van der Waals surface area contributed by atoms with Crippen molar-refractivity contribution in [1.82, 2.24) is 15.1 Å². The Balaban J connectivity index is 0.000000755. The van der Waals surface area contributed by atoms with Crippen molar-refractivity contribution in [3.8, 4) is 16.9 Å². The van der Waals surface area contributed by atoms with Crippen LogP contribution in [0.1, 0.15) is 46.3 Å². The molecule has 0 unspecified atom stereocenters. The third-order valence-corrected chi connectivity index (χ3v) is 8.52. The predicted octanol–water partition coefficient (Wildman–Crippen LogP) is 7.03. The SMILES string of the molecule is COc1ccc(CC(=O)N(CCCc2ccccc2)Cc2cccc(-c3cccc(C(=O)NCCN4CCCC4)c3)c2)cc1.O=C(O)C(F)(F)F. The minimum Gasteiger partial charge on any atom is -0.497 e. The van der Waals surface area contributed by atoms with E-state index >= 15 is 0 Å². The number of likely N-dealkylation sites (tertiary alicyclic amines) is 1. The molecule has 1 heterocycles. The molecular weight excluding hydrogens is 659 g/mol. The molecule has 0 radical (unpaired) electrons. The van der Waals surface area contributed by atoms with E-state index in [-0.39, 0.29) is 11.8 Å². The van der Waals surface area contributed by atoms with Crippen molar-refractivity contribution in [3.63, 3.8) is 0 Å². The Hall–Kier alpha value is -5.16. The molecule has 2 amide bonds. The van der Waals surface area contributed by atoms with Gasteiger partial charge >= 0.3 is 12.1 Å². The van der Waals surface area contributed by atoms with Crippen molar-refractivity contribution < 1.29 is 37.4 Å². The molecule has 51 heavy (non-hydrogen) atoms. The van der Waals surface area contributed by atoms with Crippen LogP contribution in [-0.4, -0.2) is 78.7 Å². The number of nitrogens with zero attached hydrogens (tertiary/aromatic N) is 2. The van der Waals surface area contributed by atoms with Crippen LogP contribution in [0.5, 0.6) is 5.75 Å². The number of rotatable bonds is 14. The van der Waals surface area contributed by atoms with Gasteiger partial charge in [-0.25, -0.2) is 4.79 Å². The minimum atomic E-state index is -5.08. The maximum atomic E-state index is 13.6. The molecule has 4 aromatic rings. The molecule has 0 spiro atoms. The van der Waals surface area contributed by atoms with Crippen molar-refractivity contribution >= 4 is 17.8 Å². The number of carboxylic acid groups (broad SMARTS) is 1. The smallest absolute Gasteiger partial charge is 0.490 e. The van der Waals surface area contributed by atoms with Gasteiger partial charge in [-0.2, -0.15) is 13.2 Å². The molecule has 1 fully saturated rings. The number of carbonyl (C=O) groups excluding carboxylic acids is 2. The average molecular weight is 704 g/mol. The second kappa shape index (κ2) is 19.3. The standard InChI is InChI=1S/C38H43N3O3.C2HF3O2/c1-44-36-19-17-31(18-20-36)27-37(42)41(24-9-13-30-10-3-2-4-11-30)29-32-12-7-14-33(26-32)34-15-8-16-35(28-34)38(43)39-21-25-40-22-5-6-23-40;3-2(4,5)1(6)7/h2-4,7-8,10-12,14-20,26,28H,5-6,9,13,21-25,27,29H2,1H3,(H,39,43);(H,6,7). The van der Waals surface area contributed by atoms with Crippen LogP contribution in [0.3, 0.4) is 0 Å². The van der Waals surface area contributed by atoms with E-state index in [1.54, 1.807) is 7.11 Å². The monoisotopic (exact) mass is 703 g/mol. The Morgan fingerprint density at radius 3 is 2.10 bits per heavy atom. The molecule has 0 saturated carbocycles. The number of ether oxygens (including phenoxy) is 1. The number of aliphatic carboxylic acids is 1. The molecular formula is C40H44F3N3O5. The Morgan fingerprint density at radius 1 is 0.824 bits per heavy atom. The summed E-state index contributed by atoms with van der Waals surface area (Å²) in [4.78, 5) is 39.8. The first-order valence-electron chi connectivity index (χ1n) is 17.0. The lowest BCUT2D eigenvalue weighted by Gasteiger charge is -2.24. The molecule has 0 atom stereocenters. The lowest BCUT2D eigenvalue weighted by Crippen LogP contribution is -2.33. The van der Waals surface area contributed by atoms with Gasteiger partial charge in [0.1, 0.15) is 5.75 Å². The normalized spacial score (nSPS) is 12.8. The van der Waals surface area contributed by atoms with Crippen molar-refractivity contribution in [1.29, 1.82) is 0 Å². The summed E-state index contributed by atoms with van der Waals surface area (Å²) in [6.07, 6.45) is -0.453. The maximum Gasteiger partial charge on any atom is 0.490 e. The van der Waals surface area contributed by atoms with Crippen LogP contribution < -0.4 is 10.1 Å². The lowest BCUT2D eigenvalue weighted by molar-refractivity contribution is -0.192. The molecule has 1 aliphatic heterocycles. The summed E-state index contributed by atoms with van der Waals surface area (Å²) in [6, 6.07) is 34.2. The van der Waals surface area contributed by atoms with Gasteiger partial charge in [0, 0.05) is 31.7 Å². The molecule has 270 valence electrons. The summed E-state index contributed by atoms with van der Waals surface area (Å²) in [6.45, 7) is 4.99. The highest BCUT2D eigenvalue weighted by atomic mass is 19.4. The molecule has 5 rings (SSSR count). The molecule has 1 saturated heterocycles. The Bertz CT molecular complexity index is 1710. The van der Waals surface area contributed by atoms with Gasteiger partial charge in [0.25, 0.3) is 5.91 Å². The van der Waals surface area contributed by atoms with Gasteiger partial charge < -0.3 is 25.0 Å². The second-order valence-electron chi connectivity index (χ2n) is 12.3. The fraction of sp³-hybridized carbons (Fsp3) is 0.325. The van der Waals surface area contributed by atoms with Gasteiger partial charge in [0.2, 0.25) is 5.91 Å². The molecule has 2 N–H and O–H groups in total. The largest absolute Gasteiger partial charge is 0.497 e. The number of amides is 2. The predicted molar refractivity (Wildman–Crippen MR) is 190 cm³/mol. The van der Waals surface area contributed by atoms with Crippen LogP contribution in [-0.2, 0) is 29.0 Å². The highest BCUT2D eigenvalue weighted by Gasteiger charge is 2.38. The number of nitrogens with one attached hydrogen (secondary N) is 1. The van der Waals surface area contributed by atoms with Crippen LogP contribution in [0.2, 0.25) is 0 Å². The third-order valence-electron chi connectivity index (χ3n) is 8.52. The minimum absolute atomic E-state index is 0.0454. The number of methoxy groups -OCH3 is 1. The van der Waals surface area contributed by atoms with Crippen molar-refractivity contribution in [2.75, 3.05) is 39.8 Å². The molecule has 0 bridgehead atoms. The number of alkyl halides is 3. The van der Waals surface area contributed by atoms with E-state index in [1.807, 2.05) is 65.6 Å². The fourth-order valence-electron chi connectivity index (χ4n) is 5.79. The fourth-order valence-corrected chi connectivity index (χ4v) is 5.79. The van der Waals surface area contributed by atoms with Crippen LogP contribution in [0, 0.1) is 0 Å². The third kappa shape index (κ3) is 12.9. The lowest BCUT2D eigenvalue weighted by atomic mass is 10.0. The first-order valence-corrected chi connectivity index (χ1v) is 17.0. The molecule has 0 aliphatic carbocycles. The Kier molecular flexibility index (Phi) is 14.6. The zero-order chi connectivity index (χ0) is 36.6. The van der Waals surface area contributed by atoms with E-state index < -0.39 is 12.1 Å². The van der Waals surface area contributed by atoms with E-state index in [2.05, 4.69) is 52.7 Å². The summed E-state index contributed by atoms with van der Waals surface area (Å²) in [5.74, 6) is -1.92. The highest BCUT2D eigenvalue weighted by Crippen LogP contribution is 2.23. The number of carboxylic acids is 1. The number of hydrogen-bond acceptors (Lipinski definition) is 5. The summed E-state index contributed by atoms with van der Waals surface area (Å²) in [7, 11) is 1.64. The molecule has 8 nitrogen and oxygen atoms in total. The van der Waals surface area contributed by atoms with Crippen molar-refractivity contribution in [2.24, 2.45) is 0 Å². The van der Waals surface area contributed by atoms with Gasteiger partial charge in [-0.05, 0) is 96.9 Å². The first kappa shape index (κ1) is 38.6. The van der Waals surface area contributed by atoms with Gasteiger partial charge in [0.15, 0.2) is 0 Å². The van der Waals surface area contributed by atoms with Crippen LogP contribution in [0.25, 0.3) is 11.1 Å². The summed E-state index contributed by atoms with van der Waals surface area (Å²) >= 11 is 0. The van der Waals surface area contributed by atoms with E-state index in [0.29, 0.717) is 31.6 Å². The van der Waals surface area contributed by atoms with E-state index in [1.165, 1.54) is 18.4 Å². The molecule has 4 aromatic carbocycles. The van der Waals surface area contributed by atoms with Crippen LogP contribution in [0.15, 0.2) is 103 Å². The van der Waals surface area contributed by atoms with Gasteiger partial charge in [-0.15, -0.1) is 0 Å².